The van der Waals surface area contributed by atoms with Crippen LogP contribution in [0.3, 0.4) is 0 Å². The van der Waals surface area contributed by atoms with E-state index in [-0.39, 0.29) is 12.2 Å². The Labute approximate surface area is 168 Å². The summed E-state index contributed by atoms with van der Waals surface area (Å²) in [4.78, 5) is 16.0. The Bertz CT molecular complexity index is 1090. The summed E-state index contributed by atoms with van der Waals surface area (Å²) in [5.74, 6) is -0.823. The number of sulfone groups is 1. The van der Waals surface area contributed by atoms with Crippen molar-refractivity contribution in [3.63, 3.8) is 0 Å². The molecule has 0 aliphatic heterocycles. The van der Waals surface area contributed by atoms with Crippen LogP contribution < -0.4 is 11.5 Å². The molecule has 1 atom stereocenters. The molecule has 1 aromatic heterocycles. The summed E-state index contributed by atoms with van der Waals surface area (Å²) in [5, 5.41) is 0.487. The van der Waals surface area contributed by atoms with Crippen LogP contribution in [0.15, 0.2) is 65.9 Å². The van der Waals surface area contributed by atoms with Crippen molar-refractivity contribution in [2.24, 2.45) is 11.5 Å². The molecule has 4 N–H and O–H groups in total. The molecular weight excluding hydrogens is 398 g/mol. The first-order valence-corrected chi connectivity index (χ1v) is 10.9. The van der Waals surface area contributed by atoms with E-state index in [1.807, 2.05) is 12.1 Å². The van der Waals surface area contributed by atoms with E-state index in [1.54, 1.807) is 36.5 Å². The minimum atomic E-state index is -3.34. The molecule has 1 amide bonds. The average Bonchev–Trinajstić information content (AvgIpc) is 2.63. The Morgan fingerprint density at radius 1 is 1.25 bits per heavy atom. The van der Waals surface area contributed by atoms with Crippen LogP contribution in [0.25, 0.3) is 11.3 Å². The standard InChI is InChI=1S/C20H20ClN3O3S/c1-28(26,27)12-15-6-5-13(19(22)25)11-20(15,23)14-7-8-17(21)16(10-14)18-4-2-3-9-24-18/h2-10H,11-12,23H2,1H3,(H2,22,25). The van der Waals surface area contributed by atoms with Crippen molar-refractivity contribution >= 4 is 27.3 Å². The number of benzene rings is 1. The number of aromatic nitrogens is 1. The van der Waals surface area contributed by atoms with Gasteiger partial charge in [0.2, 0.25) is 5.91 Å². The number of nitrogens with zero attached hydrogens (tertiary/aromatic N) is 1. The van der Waals surface area contributed by atoms with E-state index in [4.69, 9.17) is 23.1 Å². The molecule has 6 nitrogen and oxygen atoms in total. The van der Waals surface area contributed by atoms with Crippen molar-refractivity contribution in [2.75, 3.05) is 12.0 Å². The summed E-state index contributed by atoms with van der Waals surface area (Å²) in [5.41, 5.74) is 13.7. The predicted molar refractivity (Wildman–Crippen MR) is 110 cm³/mol. The Morgan fingerprint density at radius 2 is 2.00 bits per heavy atom. The maximum Gasteiger partial charge on any atom is 0.244 e. The van der Waals surface area contributed by atoms with Gasteiger partial charge in [0.15, 0.2) is 9.84 Å². The van der Waals surface area contributed by atoms with Crippen LogP contribution >= 0.6 is 11.6 Å². The molecule has 0 radical (unpaired) electrons. The van der Waals surface area contributed by atoms with Gasteiger partial charge in [0.05, 0.1) is 17.0 Å². The monoisotopic (exact) mass is 417 g/mol. The maximum atomic E-state index is 11.9. The molecule has 3 rings (SSSR count). The number of amides is 1. The molecular formula is C20H20ClN3O3S. The van der Waals surface area contributed by atoms with Gasteiger partial charge in [-0.2, -0.15) is 0 Å². The van der Waals surface area contributed by atoms with Crippen LogP contribution in [-0.2, 0) is 20.2 Å². The maximum absolute atomic E-state index is 11.9. The van der Waals surface area contributed by atoms with E-state index in [0.717, 1.165) is 6.26 Å². The lowest BCUT2D eigenvalue weighted by atomic mass is 9.75. The quantitative estimate of drug-likeness (QED) is 0.774. The van der Waals surface area contributed by atoms with Gasteiger partial charge in [0.25, 0.3) is 0 Å². The van der Waals surface area contributed by atoms with Gasteiger partial charge in [0, 0.05) is 35.0 Å². The topological polar surface area (TPSA) is 116 Å². The lowest BCUT2D eigenvalue weighted by Gasteiger charge is -2.36. The molecule has 0 spiro atoms. The summed E-state index contributed by atoms with van der Waals surface area (Å²) < 4.78 is 23.9. The van der Waals surface area contributed by atoms with Crippen molar-refractivity contribution in [3.05, 3.63) is 76.5 Å². The SMILES string of the molecule is CS(=O)(=O)CC1=CC=C(C(N)=O)CC1(N)c1ccc(Cl)c(-c2ccccn2)c1. The molecule has 8 heteroatoms. The van der Waals surface area contributed by atoms with Gasteiger partial charge in [0.1, 0.15) is 0 Å². The van der Waals surface area contributed by atoms with Crippen LogP contribution in [0.5, 0.6) is 0 Å². The van der Waals surface area contributed by atoms with E-state index in [2.05, 4.69) is 4.98 Å². The molecule has 1 unspecified atom stereocenters. The number of carbonyl (C=O) groups excluding carboxylic acids is 1. The summed E-state index contributed by atoms with van der Waals surface area (Å²) in [6.45, 7) is 0. The Hall–Kier alpha value is -2.48. The first kappa shape index (κ1) is 20.3. The number of hydrogen-bond donors (Lipinski definition) is 2. The van der Waals surface area contributed by atoms with E-state index in [1.165, 1.54) is 6.08 Å². The van der Waals surface area contributed by atoms with E-state index >= 15 is 0 Å². The number of primary amides is 1. The van der Waals surface area contributed by atoms with Crippen molar-refractivity contribution in [1.82, 2.24) is 4.98 Å². The van der Waals surface area contributed by atoms with Crippen LogP contribution in [-0.4, -0.2) is 31.3 Å². The van der Waals surface area contributed by atoms with E-state index < -0.39 is 21.3 Å². The lowest BCUT2D eigenvalue weighted by Crippen LogP contribution is -2.44. The van der Waals surface area contributed by atoms with Crippen LogP contribution in [0.1, 0.15) is 12.0 Å². The third-order valence-electron chi connectivity index (χ3n) is 4.68. The molecule has 0 saturated heterocycles. The van der Waals surface area contributed by atoms with Gasteiger partial charge in [-0.15, -0.1) is 0 Å². The Balaban J connectivity index is 2.15. The van der Waals surface area contributed by atoms with Crippen LogP contribution in [0, 0.1) is 0 Å². The largest absolute Gasteiger partial charge is 0.366 e. The highest BCUT2D eigenvalue weighted by molar-refractivity contribution is 7.90. The molecule has 1 aromatic carbocycles. The number of pyridine rings is 1. The minimum absolute atomic E-state index is 0.0903. The normalized spacial score (nSPS) is 19.7. The summed E-state index contributed by atoms with van der Waals surface area (Å²) in [7, 11) is -3.34. The highest BCUT2D eigenvalue weighted by atomic mass is 35.5. The molecule has 1 aliphatic rings. The van der Waals surface area contributed by atoms with Crippen molar-refractivity contribution in [3.8, 4) is 11.3 Å². The molecule has 28 heavy (non-hydrogen) atoms. The Kier molecular flexibility index (Phi) is 5.43. The van der Waals surface area contributed by atoms with Crippen LogP contribution in [0.4, 0.5) is 0 Å². The van der Waals surface area contributed by atoms with Crippen molar-refractivity contribution < 1.29 is 13.2 Å². The second kappa shape index (κ2) is 7.50. The highest BCUT2D eigenvalue weighted by Gasteiger charge is 2.37. The molecule has 2 aromatic rings. The van der Waals surface area contributed by atoms with Gasteiger partial charge in [-0.1, -0.05) is 35.9 Å². The third kappa shape index (κ3) is 4.16. The third-order valence-corrected chi connectivity index (χ3v) is 5.85. The summed E-state index contributed by atoms with van der Waals surface area (Å²) in [6, 6.07) is 10.7. The fourth-order valence-electron chi connectivity index (χ4n) is 3.26. The van der Waals surface area contributed by atoms with Crippen molar-refractivity contribution in [1.29, 1.82) is 0 Å². The molecule has 0 bridgehead atoms. The summed E-state index contributed by atoms with van der Waals surface area (Å²) >= 11 is 6.36. The van der Waals surface area contributed by atoms with Gasteiger partial charge in [-0.3, -0.25) is 9.78 Å². The van der Waals surface area contributed by atoms with Gasteiger partial charge < -0.3 is 11.5 Å². The molecule has 1 aliphatic carbocycles. The van der Waals surface area contributed by atoms with Gasteiger partial charge in [-0.05, 0) is 35.4 Å². The second-order valence-electron chi connectivity index (χ2n) is 6.88. The van der Waals surface area contributed by atoms with Gasteiger partial charge >= 0.3 is 0 Å². The Morgan fingerprint density at radius 3 is 2.61 bits per heavy atom. The zero-order valence-corrected chi connectivity index (χ0v) is 16.8. The minimum Gasteiger partial charge on any atom is -0.366 e. The first-order valence-electron chi connectivity index (χ1n) is 8.48. The molecule has 1 heterocycles. The fourth-order valence-corrected chi connectivity index (χ4v) is 4.39. The van der Waals surface area contributed by atoms with E-state index in [9.17, 15) is 13.2 Å². The second-order valence-corrected chi connectivity index (χ2v) is 9.42. The fraction of sp³-hybridized carbons (Fsp3) is 0.200. The summed E-state index contributed by atoms with van der Waals surface area (Å²) in [6.07, 6.45) is 5.99. The van der Waals surface area contributed by atoms with Crippen LogP contribution in [0.2, 0.25) is 5.02 Å². The number of rotatable bonds is 5. The smallest absolute Gasteiger partial charge is 0.244 e. The molecule has 0 saturated carbocycles. The molecule has 0 fully saturated rings. The number of hydrogen-bond acceptors (Lipinski definition) is 5. The highest BCUT2D eigenvalue weighted by Crippen LogP contribution is 2.39. The lowest BCUT2D eigenvalue weighted by molar-refractivity contribution is -0.114. The average molecular weight is 418 g/mol. The predicted octanol–water partition coefficient (Wildman–Crippen LogP) is 2.34. The zero-order valence-electron chi connectivity index (χ0n) is 15.2. The first-order chi connectivity index (χ1) is 13.1. The molecule has 146 valence electrons. The van der Waals surface area contributed by atoms with E-state index in [0.29, 0.717) is 33.0 Å². The number of carbonyl (C=O) groups is 1. The zero-order chi connectivity index (χ0) is 20.5. The number of halogens is 1. The number of allylic oxidation sites excluding steroid dienone is 2. The van der Waals surface area contributed by atoms with Gasteiger partial charge in [-0.25, -0.2) is 8.42 Å². The number of nitrogens with two attached hydrogens (primary N) is 2. The van der Waals surface area contributed by atoms with Crippen molar-refractivity contribution in [2.45, 2.75) is 12.0 Å².